The number of carbonyl (C=O) groups is 2. The van der Waals surface area contributed by atoms with Crippen LogP contribution in [0.4, 0.5) is 4.79 Å². The van der Waals surface area contributed by atoms with Gasteiger partial charge in [-0.2, -0.15) is 0 Å². The molecule has 1 N–H and O–H groups in total. The summed E-state index contributed by atoms with van der Waals surface area (Å²) >= 11 is 6.12. The molecule has 25 heavy (non-hydrogen) atoms. The quantitative estimate of drug-likeness (QED) is 0.889. The van der Waals surface area contributed by atoms with E-state index in [0.717, 1.165) is 16.1 Å². The molecular weight excluding hydrogens is 344 g/mol. The molecule has 2 heterocycles. The minimum absolute atomic E-state index is 0.0149. The van der Waals surface area contributed by atoms with Gasteiger partial charge in [0.25, 0.3) is 0 Å². The highest BCUT2D eigenvalue weighted by Gasteiger charge is 2.54. The molecule has 2 aliphatic heterocycles. The molecule has 1 saturated carbocycles. The fourth-order valence-electron chi connectivity index (χ4n) is 3.69. The second kappa shape index (κ2) is 6.18. The molecule has 0 unspecified atom stereocenters. The number of hydrogen-bond acceptors (Lipinski definition) is 4. The molecule has 1 aliphatic carbocycles. The average molecular weight is 365 g/mol. The van der Waals surface area contributed by atoms with Gasteiger partial charge < -0.3 is 19.7 Å². The third-order valence-corrected chi connectivity index (χ3v) is 5.76. The van der Waals surface area contributed by atoms with Crippen molar-refractivity contribution in [3.8, 4) is 0 Å². The number of halogens is 1. The number of nitrogens with zero attached hydrogens (tertiary/aromatic N) is 1. The van der Waals surface area contributed by atoms with Crippen LogP contribution in [0.25, 0.3) is 0 Å². The van der Waals surface area contributed by atoms with Crippen molar-refractivity contribution in [2.24, 2.45) is 5.92 Å². The second-order valence-corrected chi connectivity index (χ2v) is 7.75. The predicted molar refractivity (Wildman–Crippen MR) is 91.3 cm³/mol. The van der Waals surface area contributed by atoms with Crippen molar-refractivity contribution in [1.29, 1.82) is 0 Å². The number of carbonyl (C=O) groups excluding carboxylic acids is 2. The van der Waals surface area contributed by atoms with Crippen LogP contribution in [-0.4, -0.2) is 48.2 Å². The van der Waals surface area contributed by atoms with Crippen molar-refractivity contribution in [2.75, 3.05) is 19.7 Å². The number of likely N-dealkylation sites (tertiary alicyclic amines) is 1. The minimum atomic E-state index is -0.375. The zero-order chi connectivity index (χ0) is 17.6. The van der Waals surface area contributed by atoms with E-state index in [-0.39, 0.29) is 29.6 Å². The van der Waals surface area contributed by atoms with Gasteiger partial charge in [-0.05, 0) is 37.0 Å². The Morgan fingerprint density at radius 1 is 1.44 bits per heavy atom. The van der Waals surface area contributed by atoms with Gasteiger partial charge in [-0.3, -0.25) is 4.79 Å². The summed E-state index contributed by atoms with van der Waals surface area (Å²) in [7, 11) is 0. The van der Waals surface area contributed by atoms with Crippen LogP contribution in [0.1, 0.15) is 24.0 Å². The first kappa shape index (κ1) is 16.7. The standard InChI is InChI=1S/C18H21ClN2O4/c1-11-2-3-12(4-15(11)19)9-24-14-7-21(8-14)16(22)13-5-18(6-13)10-25-17(23)20-18/h2-4,13-14H,5-10H2,1H3,(H,20,23)/t13-,18+. The smallest absolute Gasteiger partial charge is 0.407 e. The van der Waals surface area contributed by atoms with Gasteiger partial charge in [0.2, 0.25) is 5.91 Å². The first-order chi connectivity index (χ1) is 11.9. The molecule has 0 bridgehead atoms. The van der Waals surface area contributed by atoms with Crippen LogP contribution in [0.15, 0.2) is 18.2 Å². The summed E-state index contributed by atoms with van der Waals surface area (Å²) in [5, 5.41) is 3.56. The number of ether oxygens (including phenoxy) is 2. The van der Waals surface area contributed by atoms with Crippen LogP contribution >= 0.6 is 11.6 Å². The van der Waals surface area contributed by atoms with E-state index in [1.807, 2.05) is 30.0 Å². The Kier molecular flexibility index (Phi) is 4.12. The molecule has 1 spiro atoms. The predicted octanol–water partition coefficient (Wildman–Crippen LogP) is 2.26. The largest absolute Gasteiger partial charge is 0.447 e. The number of rotatable bonds is 4. The van der Waals surface area contributed by atoms with E-state index in [9.17, 15) is 9.59 Å². The van der Waals surface area contributed by atoms with Crippen molar-refractivity contribution in [1.82, 2.24) is 10.2 Å². The Morgan fingerprint density at radius 3 is 2.84 bits per heavy atom. The van der Waals surface area contributed by atoms with Gasteiger partial charge in [0.1, 0.15) is 6.61 Å². The van der Waals surface area contributed by atoms with Gasteiger partial charge in [0.05, 0.1) is 18.2 Å². The summed E-state index contributed by atoms with van der Waals surface area (Å²) in [5.41, 5.74) is 1.79. The first-order valence-corrected chi connectivity index (χ1v) is 8.92. The lowest BCUT2D eigenvalue weighted by atomic mass is 9.68. The molecular formula is C18H21ClN2O4. The number of aryl methyl sites for hydroxylation is 1. The van der Waals surface area contributed by atoms with E-state index in [0.29, 0.717) is 39.1 Å². The van der Waals surface area contributed by atoms with Crippen LogP contribution in [0.3, 0.4) is 0 Å². The molecule has 2 saturated heterocycles. The first-order valence-electron chi connectivity index (χ1n) is 8.54. The fourth-order valence-corrected chi connectivity index (χ4v) is 3.90. The van der Waals surface area contributed by atoms with Gasteiger partial charge >= 0.3 is 6.09 Å². The molecule has 3 fully saturated rings. The topological polar surface area (TPSA) is 67.9 Å². The highest BCUT2D eigenvalue weighted by Crippen LogP contribution is 2.42. The Morgan fingerprint density at radius 2 is 2.20 bits per heavy atom. The van der Waals surface area contributed by atoms with Crippen molar-refractivity contribution in [2.45, 2.75) is 38.0 Å². The van der Waals surface area contributed by atoms with Crippen LogP contribution in [-0.2, 0) is 20.9 Å². The third-order valence-electron chi connectivity index (χ3n) is 5.35. The number of alkyl carbamates (subject to hydrolysis) is 1. The Hall–Kier alpha value is -1.79. The molecule has 134 valence electrons. The Bertz CT molecular complexity index is 711. The summed E-state index contributed by atoms with van der Waals surface area (Å²) in [6.07, 6.45) is 1.04. The SMILES string of the molecule is Cc1ccc(COC2CN(C(=O)[C@H]3C[C@]4(COC(=O)N4)C3)C2)cc1Cl. The average Bonchev–Trinajstić information content (AvgIpc) is 2.90. The van der Waals surface area contributed by atoms with E-state index in [2.05, 4.69) is 5.32 Å². The van der Waals surface area contributed by atoms with Crippen molar-refractivity contribution >= 4 is 23.6 Å². The molecule has 7 heteroatoms. The highest BCUT2D eigenvalue weighted by molar-refractivity contribution is 6.31. The highest BCUT2D eigenvalue weighted by atomic mass is 35.5. The fraction of sp³-hybridized carbons (Fsp3) is 0.556. The number of nitrogens with one attached hydrogen (secondary N) is 1. The summed E-state index contributed by atoms with van der Waals surface area (Å²) in [6, 6.07) is 5.91. The summed E-state index contributed by atoms with van der Waals surface area (Å²) in [4.78, 5) is 25.4. The molecule has 1 aromatic rings. The monoisotopic (exact) mass is 364 g/mol. The Labute approximate surface area is 151 Å². The normalized spacial score (nSPS) is 28.3. The van der Waals surface area contributed by atoms with Crippen LogP contribution in [0, 0.1) is 12.8 Å². The van der Waals surface area contributed by atoms with E-state index in [1.54, 1.807) is 0 Å². The van der Waals surface area contributed by atoms with Gasteiger partial charge in [-0.15, -0.1) is 0 Å². The van der Waals surface area contributed by atoms with E-state index in [4.69, 9.17) is 21.1 Å². The molecule has 2 amide bonds. The Balaban J connectivity index is 1.20. The molecule has 0 radical (unpaired) electrons. The van der Waals surface area contributed by atoms with E-state index >= 15 is 0 Å². The number of amides is 2. The van der Waals surface area contributed by atoms with Crippen molar-refractivity contribution in [3.05, 3.63) is 34.3 Å². The summed E-state index contributed by atoms with van der Waals surface area (Å²) in [5.74, 6) is 0.142. The van der Waals surface area contributed by atoms with Crippen LogP contribution in [0.5, 0.6) is 0 Å². The summed E-state index contributed by atoms with van der Waals surface area (Å²) in [6.45, 7) is 4.11. The number of cyclic esters (lactones) is 1. The number of hydrogen-bond donors (Lipinski definition) is 1. The molecule has 3 aliphatic rings. The molecule has 0 aromatic heterocycles. The lowest BCUT2D eigenvalue weighted by Gasteiger charge is -2.47. The van der Waals surface area contributed by atoms with Crippen molar-refractivity contribution in [3.63, 3.8) is 0 Å². The zero-order valence-electron chi connectivity index (χ0n) is 14.1. The van der Waals surface area contributed by atoms with Gasteiger partial charge in [0.15, 0.2) is 0 Å². The molecule has 0 atom stereocenters. The molecule has 4 rings (SSSR count). The van der Waals surface area contributed by atoms with Gasteiger partial charge in [-0.1, -0.05) is 23.7 Å². The minimum Gasteiger partial charge on any atom is -0.447 e. The maximum atomic E-state index is 12.4. The maximum Gasteiger partial charge on any atom is 0.407 e. The van der Waals surface area contributed by atoms with Crippen LogP contribution < -0.4 is 5.32 Å². The lowest BCUT2D eigenvalue weighted by molar-refractivity contribution is -0.155. The zero-order valence-corrected chi connectivity index (χ0v) is 14.8. The van der Waals surface area contributed by atoms with E-state index < -0.39 is 0 Å². The molecule has 6 nitrogen and oxygen atoms in total. The number of benzene rings is 1. The van der Waals surface area contributed by atoms with Crippen molar-refractivity contribution < 1.29 is 19.1 Å². The van der Waals surface area contributed by atoms with Crippen LogP contribution in [0.2, 0.25) is 5.02 Å². The van der Waals surface area contributed by atoms with E-state index in [1.165, 1.54) is 0 Å². The van der Waals surface area contributed by atoms with Gasteiger partial charge in [0, 0.05) is 24.0 Å². The maximum absolute atomic E-state index is 12.4. The summed E-state index contributed by atoms with van der Waals surface area (Å²) < 4.78 is 10.8. The van der Waals surface area contributed by atoms with Gasteiger partial charge in [-0.25, -0.2) is 4.79 Å². The lowest BCUT2D eigenvalue weighted by Crippen LogP contribution is -2.62. The molecule has 1 aromatic carbocycles. The third kappa shape index (κ3) is 3.20. The second-order valence-electron chi connectivity index (χ2n) is 7.35.